The van der Waals surface area contributed by atoms with E-state index in [2.05, 4.69) is 49.1 Å². The van der Waals surface area contributed by atoms with E-state index >= 15 is 0 Å². The van der Waals surface area contributed by atoms with Crippen molar-refractivity contribution in [3.05, 3.63) is 82.4 Å². The van der Waals surface area contributed by atoms with E-state index in [4.69, 9.17) is 5.26 Å². The molecule has 1 saturated carbocycles. The zero-order valence-corrected chi connectivity index (χ0v) is 16.0. The lowest BCUT2D eigenvalue weighted by Crippen LogP contribution is -2.11. The Balaban J connectivity index is 1.55. The second-order valence-electron chi connectivity index (χ2n) is 7.26. The Hall–Kier alpha value is -2.91. The molecule has 0 unspecified atom stereocenters. The van der Waals surface area contributed by atoms with Crippen LogP contribution in [0.1, 0.15) is 60.8 Å². The molecule has 1 aliphatic carbocycles. The Labute approximate surface area is 165 Å². The molecule has 3 heteroatoms. The maximum Gasteiger partial charge on any atom is 0.145 e. The number of nitrogens with zero attached hydrogens (tertiary/aromatic N) is 1. The summed E-state index contributed by atoms with van der Waals surface area (Å²) in [4.78, 5) is 0. The first kappa shape index (κ1) is 19.8. The third-order valence-corrected chi connectivity index (χ3v) is 5.45. The summed E-state index contributed by atoms with van der Waals surface area (Å²) in [6.07, 6.45) is 9.52. The molecule has 0 N–H and O–H groups in total. The highest BCUT2D eigenvalue weighted by atomic mass is 19.1. The van der Waals surface area contributed by atoms with Crippen molar-refractivity contribution in [1.29, 1.82) is 5.26 Å². The summed E-state index contributed by atoms with van der Waals surface area (Å²) in [7, 11) is 0. The molecule has 1 fully saturated rings. The van der Waals surface area contributed by atoms with Gasteiger partial charge in [-0.1, -0.05) is 49.1 Å². The molecule has 0 amide bonds. The highest BCUT2D eigenvalue weighted by Gasteiger charge is 2.20. The van der Waals surface area contributed by atoms with Crippen molar-refractivity contribution in [1.82, 2.24) is 0 Å². The van der Waals surface area contributed by atoms with Gasteiger partial charge < -0.3 is 0 Å². The molecular weight excluding hydrogens is 352 g/mol. The molecule has 0 saturated heterocycles. The lowest BCUT2D eigenvalue weighted by atomic mass is 9.78. The van der Waals surface area contributed by atoms with Crippen molar-refractivity contribution in [2.75, 3.05) is 0 Å². The first-order chi connectivity index (χ1) is 13.6. The number of halogens is 2. The Kier molecular flexibility index (Phi) is 6.62. The number of nitriles is 1. The average Bonchev–Trinajstić information content (AvgIpc) is 2.72. The van der Waals surface area contributed by atoms with E-state index in [1.165, 1.54) is 30.0 Å². The van der Waals surface area contributed by atoms with Crippen LogP contribution < -0.4 is 0 Å². The van der Waals surface area contributed by atoms with E-state index in [1.807, 2.05) is 0 Å². The SMILES string of the molecule is CCc1ccc([C@H]2CC[C@H](/C=C/C#Cc3cc(F)c(C#N)c(F)c3)CC2)cc1. The minimum atomic E-state index is -0.874. The summed E-state index contributed by atoms with van der Waals surface area (Å²) in [5.41, 5.74) is 2.48. The number of rotatable bonds is 3. The molecule has 0 aromatic heterocycles. The van der Waals surface area contributed by atoms with E-state index < -0.39 is 17.2 Å². The van der Waals surface area contributed by atoms with Gasteiger partial charge >= 0.3 is 0 Å². The molecule has 142 valence electrons. The lowest BCUT2D eigenvalue weighted by Gasteiger charge is -2.27. The van der Waals surface area contributed by atoms with Crippen molar-refractivity contribution in [2.45, 2.75) is 44.9 Å². The van der Waals surface area contributed by atoms with Crippen molar-refractivity contribution >= 4 is 0 Å². The number of hydrogen-bond acceptors (Lipinski definition) is 1. The zero-order chi connectivity index (χ0) is 19.9. The van der Waals surface area contributed by atoms with E-state index in [9.17, 15) is 8.78 Å². The second-order valence-corrected chi connectivity index (χ2v) is 7.26. The summed E-state index contributed by atoms with van der Waals surface area (Å²) in [6.45, 7) is 2.17. The van der Waals surface area contributed by atoms with Crippen molar-refractivity contribution in [2.24, 2.45) is 5.92 Å². The summed E-state index contributed by atoms with van der Waals surface area (Å²) < 4.78 is 27.2. The van der Waals surface area contributed by atoms with Crippen LogP contribution in [0.5, 0.6) is 0 Å². The topological polar surface area (TPSA) is 23.8 Å². The van der Waals surface area contributed by atoms with Gasteiger partial charge in [-0.25, -0.2) is 8.78 Å². The molecule has 0 radical (unpaired) electrons. The number of aryl methyl sites for hydroxylation is 1. The predicted molar refractivity (Wildman–Crippen MR) is 108 cm³/mol. The van der Waals surface area contributed by atoms with E-state index in [1.54, 1.807) is 6.08 Å². The van der Waals surface area contributed by atoms with E-state index in [-0.39, 0.29) is 5.56 Å². The monoisotopic (exact) mass is 375 g/mol. The number of hydrogen-bond donors (Lipinski definition) is 0. The first-order valence-corrected chi connectivity index (χ1v) is 9.77. The second kappa shape index (κ2) is 9.34. The minimum absolute atomic E-state index is 0.234. The van der Waals surface area contributed by atoms with Crippen LogP contribution in [0.4, 0.5) is 8.78 Å². The lowest BCUT2D eigenvalue weighted by molar-refractivity contribution is 0.376. The standard InChI is InChI=1S/C25H23F2N/c1-2-18-7-11-21(12-8-18)22-13-9-19(10-14-22)5-3-4-6-20-15-24(26)23(17-28)25(27)16-20/h3,5,7-8,11-12,15-16,19,22H,2,9-10,13-14H2,1H3/b5-3+/t19-,22-. The van der Waals surface area contributed by atoms with E-state index in [0.29, 0.717) is 11.8 Å². The van der Waals surface area contributed by atoms with Crippen LogP contribution in [0.15, 0.2) is 48.6 Å². The van der Waals surface area contributed by atoms with Gasteiger partial charge in [0, 0.05) is 5.56 Å². The van der Waals surface area contributed by atoms with Crippen LogP contribution in [0.25, 0.3) is 0 Å². The quantitative estimate of drug-likeness (QED) is 0.579. The fourth-order valence-corrected chi connectivity index (χ4v) is 3.73. The van der Waals surface area contributed by atoms with Crippen molar-refractivity contribution in [3.8, 4) is 17.9 Å². The molecule has 0 spiro atoms. The Morgan fingerprint density at radius 2 is 1.68 bits per heavy atom. The molecule has 1 aliphatic rings. The molecule has 0 bridgehead atoms. The van der Waals surface area contributed by atoms with Gasteiger partial charge in [-0.2, -0.15) is 5.26 Å². The Morgan fingerprint density at radius 1 is 1.04 bits per heavy atom. The van der Waals surface area contributed by atoms with Crippen molar-refractivity contribution in [3.63, 3.8) is 0 Å². The van der Waals surface area contributed by atoms with Crippen LogP contribution in [0.2, 0.25) is 0 Å². The normalized spacial score (nSPS) is 19.1. The van der Waals surface area contributed by atoms with Gasteiger partial charge in [-0.15, -0.1) is 0 Å². The zero-order valence-electron chi connectivity index (χ0n) is 16.0. The largest absolute Gasteiger partial charge is 0.205 e. The first-order valence-electron chi connectivity index (χ1n) is 9.77. The summed E-state index contributed by atoms with van der Waals surface area (Å²) in [5, 5.41) is 8.69. The summed E-state index contributed by atoms with van der Waals surface area (Å²) in [6, 6.07) is 12.7. The molecule has 28 heavy (non-hydrogen) atoms. The molecule has 3 rings (SSSR count). The molecule has 0 heterocycles. The Morgan fingerprint density at radius 3 is 2.25 bits per heavy atom. The third-order valence-electron chi connectivity index (χ3n) is 5.45. The van der Waals surface area contributed by atoms with Gasteiger partial charge in [0.2, 0.25) is 0 Å². The van der Waals surface area contributed by atoms with Crippen LogP contribution in [0.3, 0.4) is 0 Å². The van der Waals surface area contributed by atoms with Crippen LogP contribution in [0, 0.1) is 40.7 Å². The summed E-state index contributed by atoms with van der Waals surface area (Å²) >= 11 is 0. The number of benzene rings is 2. The van der Waals surface area contributed by atoms with Gasteiger partial charge in [0.05, 0.1) is 0 Å². The molecule has 0 atom stereocenters. The van der Waals surface area contributed by atoms with Crippen LogP contribution in [-0.2, 0) is 6.42 Å². The smallest absolute Gasteiger partial charge is 0.145 e. The van der Waals surface area contributed by atoms with Gasteiger partial charge in [0.25, 0.3) is 0 Å². The fourth-order valence-electron chi connectivity index (χ4n) is 3.73. The molecule has 2 aromatic rings. The van der Waals surface area contributed by atoms with Gasteiger partial charge in [-0.3, -0.25) is 0 Å². The summed E-state index contributed by atoms with van der Waals surface area (Å²) in [5.74, 6) is 4.96. The van der Waals surface area contributed by atoms with Crippen molar-refractivity contribution < 1.29 is 8.78 Å². The molecule has 1 nitrogen and oxygen atoms in total. The minimum Gasteiger partial charge on any atom is -0.205 e. The maximum atomic E-state index is 13.6. The fraction of sp³-hybridized carbons (Fsp3) is 0.320. The average molecular weight is 375 g/mol. The van der Waals surface area contributed by atoms with Gasteiger partial charge in [-0.05, 0) is 73.3 Å². The van der Waals surface area contributed by atoms with Crippen LogP contribution >= 0.6 is 0 Å². The molecule has 0 aliphatic heterocycles. The Bertz CT molecular complexity index is 924. The number of allylic oxidation sites excluding steroid dienone is 2. The molecule has 2 aromatic carbocycles. The maximum absolute atomic E-state index is 13.6. The predicted octanol–water partition coefficient (Wildman–Crippen LogP) is 6.28. The van der Waals surface area contributed by atoms with Gasteiger partial charge in [0.1, 0.15) is 23.3 Å². The highest BCUT2D eigenvalue weighted by Crippen LogP contribution is 2.36. The third kappa shape index (κ3) is 4.87. The van der Waals surface area contributed by atoms with E-state index in [0.717, 1.165) is 31.4 Å². The van der Waals surface area contributed by atoms with Crippen LogP contribution in [-0.4, -0.2) is 0 Å². The van der Waals surface area contributed by atoms with Gasteiger partial charge in [0.15, 0.2) is 0 Å². The highest BCUT2D eigenvalue weighted by molar-refractivity contribution is 5.43. The molecular formula is C25H23F2N.